The van der Waals surface area contributed by atoms with Crippen LogP contribution in [0.5, 0.6) is 0 Å². The number of aryl methyl sites for hydroxylation is 1. The highest BCUT2D eigenvalue weighted by atomic mass is 79.9. The van der Waals surface area contributed by atoms with E-state index in [2.05, 4.69) is 27.1 Å². The Morgan fingerprint density at radius 1 is 1.44 bits per heavy atom. The maximum absolute atomic E-state index is 9.36. The predicted molar refractivity (Wildman–Crippen MR) is 68.5 cm³/mol. The molecule has 0 unspecified atom stereocenters. The summed E-state index contributed by atoms with van der Waals surface area (Å²) in [5, 5.41) is 14.8. The van der Waals surface area contributed by atoms with E-state index >= 15 is 0 Å². The summed E-state index contributed by atoms with van der Waals surface area (Å²) >= 11 is 3.45. The van der Waals surface area contributed by atoms with E-state index in [9.17, 15) is 5.11 Å². The summed E-state index contributed by atoms with van der Waals surface area (Å²) in [6.45, 7) is 4.19. The molecule has 0 saturated carbocycles. The van der Waals surface area contributed by atoms with Gasteiger partial charge in [-0.3, -0.25) is 4.68 Å². The molecule has 3 nitrogen and oxygen atoms in total. The molecule has 0 saturated heterocycles. The van der Waals surface area contributed by atoms with Crippen LogP contribution < -0.4 is 0 Å². The van der Waals surface area contributed by atoms with Crippen molar-refractivity contribution in [2.75, 3.05) is 6.61 Å². The Bertz CT molecular complexity index is 531. The van der Waals surface area contributed by atoms with Gasteiger partial charge in [0.15, 0.2) is 0 Å². The van der Waals surface area contributed by atoms with E-state index in [0.717, 1.165) is 21.1 Å². The molecule has 0 bridgehead atoms. The molecule has 16 heavy (non-hydrogen) atoms. The smallest absolute Gasteiger partial charge is 0.135 e. The molecule has 1 aromatic carbocycles. The van der Waals surface area contributed by atoms with Crippen molar-refractivity contribution in [2.45, 2.75) is 19.3 Å². The van der Waals surface area contributed by atoms with Crippen LogP contribution >= 0.6 is 15.9 Å². The van der Waals surface area contributed by atoms with Crippen molar-refractivity contribution < 1.29 is 5.11 Å². The Balaban J connectivity index is 2.64. The van der Waals surface area contributed by atoms with E-state index in [-0.39, 0.29) is 12.0 Å². The standard InChI is InChI=1S/C12H15BrN2O/c1-12(2,7-16)8-4-5-10-9(6-8)11(13)14-15(10)3/h4-6,16H,7H2,1-3H3. The third kappa shape index (κ3) is 1.76. The van der Waals surface area contributed by atoms with Gasteiger partial charge >= 0.3 is 0 Å². The molecule has 1 N–H and O–H groups in total. The summed E-state index contributed by atoms with van der Waals surface area (Å²) < 4.78 is 2.69. The fourth-order valence-electron chi connectivity index (χ4n) is 1.74. The lowest BCUT2D eigenvalue weighted by molar-refractivity contribution is 0.218. The molecular formula is C12H15BrN2O. The van der Waals surface area contributed by atoms with Crippen LogP contribution in [0.3, 0.4) is 0 Å². The fourth-order valence-corrected chi connectivity index (χ4v) is 2.29. The van der Waals surface area contributed by atoms with Gasteiger partial charge in [0.1, 0.15) is 4.60 Å². The SMILES string of the molecule is Cn1nc(Br)c2cc(C(C)(C)CO)ccc21. The number of aromatic nitrogens is 2. The lowest BCUT2D eigenvalue weighted by Gasteiger charge is -2.22. The first kappa shape index (κ1) is 11.6. The van der Waals surface area contributed by atoms with Gasteiger partial charge in [-0.05, 0) is 33.6 Å². The van der Waals surface area contributed by atoms with Gasteiger partial charge in [0.05, 0.1) is 12.1 Å². The van der Waals surface area contributed by atoms with Crippen LogP contribution in [-0.2, 0) is 12.5 Å². The molecule has 1 aromatic heterocycles. The van der Waals surface area contributed by atoms with Gasteiger partial charge in [-0.1, -0.05) is 19.9 Å². The van der Waals surface area contributed by atoms with Crippen molar-refractivity contribution in [1.82, 2.24) is 9.78 Å². The molecule has 0 aliphatic heterocycles. The average Bonchev–Trinajstić information content (AvgIpc) is 2.54. The van der Waals surface area contributed by atoms with E-state index in [1.165, 1.54) is 0 Å². The largest absolute Gasteiger partial charge is 0.395 e. The summed E-state index contributed by atoms with van der Waals surface area (Å²) in [7, 11) is 1.92. The predicted octanol–water partition coefficient (Wildman–Crippen LogP) is 2.61. The maximum atomic E-state index is 9.36. The highest BCUT2D eigenvalue weighted by Crippen LogP contribution is 2.29. The zero-order valence-electron chi connectivity index (χ0n) is 9.66. The zero-order chi connectivity index (χ0) is 11.9. The Kier molecular flexibility index (Phi) is 2.80. The topological polar surface area (TPSA) is 38.0 Å². The molecular weight excluding hydrogens is 268 g/mol. The van der Waals surface area contributed by atoms with Crippen molar-refractivity contribution in [3.8, 4) is 0 Å². The van der Waals surface area contributed by atoms with E-state index in [0.29, 0.717) is 0 Å². The zero-order valence-corrected chi connectivity index (χ0v) is 11.2. The minimum Gasteiger partial charge on any atom is -0.395 e. The fraction of sp³-hybridized carbons (Fsp3) is 0.417. The number of hydrogen-bond acceptors (Lipinski definition) is 2. The Hall–Kier alpha value is -0.870. The minimum atomic E-state index is -0.219. The third-order valence-corrected chi connectivity index (χ3v) is 3.57. The molecule has 0 fully saturated rings. The molecule has 0 amide bonds. The number of hydrogen-bond donors (Lipinski definition) is 1. The Labute approximate surface area is 103 Å². The van der Waals surface area contributed by atoms with Gasteiger partial charge in [-0.25, -0.2) is 0 Å². The number of fused-ring (bicyclic) bond motifs is 1. The molecule has 4 heteroatoms. The van der Waals surface area contributed by atoms with E-state index in [1.54, 1.807) is 0 Å². The normalized spacial score (nSPS) is 12.3. The van der Waals surface area contributed by atoms with Gasteiger partial charge in [-0.2, -0.15) is 5.10 Å². The lowest BCUT2D eigenvalue weighted by Crippen LogP contribution is -2.21. The van der Waals surface area contributed by atoms with Gasteiger partial charge in [0, 0.05) is 17.8 Å². The molecule has 2 rings (SSSR count). The van der Waals surface area contributed by atoms with Crippen molar-refractivity contribution in [1.29, 1.82) is 0 Å². The minimum absolute atomic E-state index is 0.135. The highest BCUT2D eigenvalue weighted by molar-refractivity contribution is 9.10. The Morgan fingerprint density at radius 3 is 2.75 bits per heavy atom. The van der Waals surface area contributed by atoms with E-state index < -0.39 is 0 Å². The van der Waals surface area contributed by atoms with Crippen LogP contribution in [0.1, 0.15) is 19.4 Å². The number of rotatable bonds is 2. The highest BCUT2D eigenvalue weighted by Gasteiger charge is 2.20. The summed E-state index contributed by atoms with van der Waals surface area (Å²) in [4.78, 5) is 0. The number of nitrogens with zero attached hydrogens (tertiary/aromatic N) is 2. The van der Waals surface area contributed by atoms with Crippen LogP contribution in [0, 0.1) is 0 Å². The average molecular weight is 283 g/mol. The second kappa shape index (κ2) is 3.86. The van der Waals surface area contributed by atoms with Crippen LogP contribution in [0.15, 0.2) is 22.8 Å². The molecule has 0 spiro atoms. The molecule has 0 aliphatic carbocycles. The number of benzene rings is 1. The first-order chi connectivity index (χ1) is 7.45. The summed E-state index contributed by atoms with van der Waals surface area (Å²) in [6, 6.07) is 6.18. The molecule has 0 radical (unpaired) electrons. The first-order valence-electron chi connectivity index (χ1n) is 5.19. The number of halogens is 1. The quantitative estimate of drug-likeness (QED) is 0.920. The third-order valence-electron chi connectivity index (χ3n) is 2.98. The lowest BCUT2D eigenvalue weighted by atomic mass is 9.85. The van der Waals surface area contributed by atoms with Crippen molar-refractivity contribution >= 4 is 26.8 Å². The van der Waals surface area contributed by atoms with Crippen LogP contribution in [0.4, 0.5) is 0 Å². The molecule has 0 atom stereocenters. The first-order valence-corrected chi connectivity index (χ1v) is 5.98. The van der Waals surface area contributed by atoms with Crippen LogP contribution in [0.2, 0.25) is 0 Å². The van der Waals surface area contributed by atoms with Gasteiger partial charge in [-0.15, -0.1) is 0 Å². The van der Waals surface area contributed by atoms with Crippen LogP contribution in [0.25, 0.3) is 10.9 Å². The second-order valence-corrected chi connectivity index (χ2v) is 5.44. The van der Waals surface area contributed by atoms with E-state index in [1.807, 2.05) is 37.7 Å². The molecule has 0 aliphatic rings. The molecule has 1 heterocycles. The molecule has 2 aromatic rings. The summed E-state index contributed by atoms with van der Waals surface area (Å²) in [5.41, 5.74) is 1.99. The van der Waals surface area contributed by atoms with Crippen molar-refractivity contribution in [3.63, 3.8) is 0 Å². The van der Waals surface area contributed by atoms with Gasteiger partial charge < -0.3 is 5.11 Å². The van der Waals surface area contributed by atoms with Gasteiger partial charge in [0.25, 0.3) is 0 Å². The van der Waals surface area contributed by atoms with Gasteiger partial charge in [0.2, 0.25) is 0 Å². The maximum Gasteiger partial charge on any atom is 0.135 e. The number of aliphatic hydroxyl groups is 1. The summed E-state index contributed by atoms with van der Waals surface area (Å²) in [6.07, 6.45) is 0. The van der Waals surface area contributed by atoms with E-state index in [4.69, 9.17) is 0 Å². The van der Waals surface area contributed by atoms with Crippen molar-refractivity contribution in [2.24, 2.45) is 7.05 Å². The Morgan fingerprint density at radius 2 is 2.12 bits per heavy atom. The van der Waals surface area contributed by atoms with Crippen molar-refractivity contribution in [3.05, 3.63) is 28.4 Å². The monoisotopic (exact) mass is 282 g/mol. The second-order valence-electron chi connectivity index (χ2n) is 4.69. The molecule has 86 valence electrons. The van der Waals surface area contributed by atoms with Crippen LogP contribution in [-0.4, -0.2) is 21.5 Å². The number of aliphatic hydroxyl groups excluding tert-OH is 1. The summed E-state index contributed by atoms with van der Waals surface area (Å²) in [5.74, 6) is 0.